The number of nitrogens with one attached hydrogen (secondary N) is 1. The van der Waals surface area contributed by atoms with E-state index < -0.39 is 14.9 Å². The maximum atomic E-state index is 12.2. The Morgan fingerprint density at radius 1 is 1.39 bits per heavy atom. The molecule has 0 bridgehead atoms. The van der Waals surface area contributed by atoms with E-state index in [0.29, 0.717) is 5.82 Å². The summed E-state index contributed by atoms with van der Waals surface area (Å²) < 4.78 is 28.1. The number of rotatable bonds is 6. The highest BCUT2D eigenvalue weighted by Crippen LogP contribution is 2.24. The molecule has 0 amide bonds. The largest absolute Gasteiger partial charge is 0.358 e. The SMILES string of the molecule is Cc1ncc([N+](=O)[O-])n1CCNS(=O)(=O)c1cc(Cl)ccc1Cl. The van der Waals surface area contributed by atoms with Gasteiger partial charge in [0.1, 0.15) is 17.6 Å². The number of nitro groups is 1. The minimum absolute atomic E-state index is 0.0340. The second-order valence-electron chi connectivity index (χ2n) is 4.54. The normalized spacial score (nSPS) is 11.6. The van der Waals surface area contributed by atoms with Crippen molar-refractivity contribution in [1.82, 2.24) is 14.3 Å². The number of nitrogens with zero attached hydrogens (tertiary/aromatic N) is 3. The van der Waals surface area contributed by atoms with Gasteiger partial charge < -0.3 is 10.1 Å². The van der Waals surface area contributed by atoms with E-state index in [9.17, 15) is 18.5 Å². The fourth-order valence-electron chi connectivity index (χ4n) is 1.93. The van der Waals surface area contributed by atoms with Crippen molar-refractivity contribution in [2.24, 2.45) is 0 Å². The number of hydrogen-bond acceptors (Lipinski definition) is 5. The van der Waals surface area contributed by atoms with Crippen LogP contribution >= 0.6 is 23.2 Å². The smallest absolute Gasteiger partial charge is 0.342 e. The number of hydrogen-bond donors (Lipinski definition) is 1. The van der Waals surface area contributed by atoms with Gasteiger partial charge in [-0.15, -0.1) is 0 Å². The van der Waals surface area contributed by atoms with E-state index in [2.05, 4.69) is 9.71 Å². The first-order valence-electron chi connectivity index (χ1n) is 6.33. The zero-order chi connectivity index (χ0) is 17.2. The lowest BCUT2D eigenvalue weighted by atomic mass is 10.4. The molecule has 1 aromatic carbocycles. The van der Waals surface area contributed by atoms with Gasteiger partial charge in [0.15, 0.2) is 5.82 Å². The monoisotopic (exact) mass is 378 g/mol. The molecule has 0 aliphatic heterocycles. The molecule has 2 aromatic rings. The molecule has 1 heterocycles. The second kappa shape index (κ2) is 6.83. The number of benzene rings is 1. The Bertz CT molecular complexity index is 851. The molecule has 0 fully saturated rings. The number of imidazole rings is 1. The molecule has 0 spiro atoms. The Morgan fingerprint density at radius 2 is 2.09 bits per heavy atom. The van der Waals surface area contributed by atoms with Gasteiger partial charge in [0.2, 0.25) is 10.0 Å². The van der Waals surface area contributed by atoms with E-state index in [1.807, 2.05) is 0 Å². The molecule has 2 rings (SSSR count). The van der Waals surface area contributed by atoms with Crippen LogP contribution in [0.3, 0.4) is 0 Å². The Balaban J connectivity index is 2.13. The Hall–Kier alpha value is -1.68. The first-order valence-corrected chi connectivity index (χ1v) is 8.57. The highest BCUT2D eigenvalue weighted by atomic mass is 35.5. The maximum Gasteiger partial charge on any atom is 0.342 e. The van der Waals surface area contributed by atoms with Crippen LogP contribution in [-0.2, 0) is 16.6 Å². The zero-order valence-corrected chi connectivity index (χ0v) is 14.2. The fourth-order valence-corrected chi connectivity index (χ4v) is 3.71. The summed E-state index contributed by atoms with van der Waals surface area (Å²) in [5, 5.41) is 11.1. The van der Waals surface area contributed by atoms with Gasteiger partial charge >= 0.3 is 5.82 Å². The summed E-state index contributed by atoms with van der Waals surface area (Å²) in [6.45, 7) is 1.58. The van der Waals surface area contributed by atoms with Gasteiger partial charge in [0, 0.05) is 18.5 Å². The molecule has 0 unspecified atom stereocenters. The summed E-state index contributed by atoms with van der Waals surface area (Å²) in [6.07, 6.45) is 1.12. The summed E-state index contributed by atoms with van der Waals surface area (Å²) >= 11 is 11.6. The van der Waals surface area contributed by atoms with Gasteiger partial charge in [-0.25, -0.2) is 22.7 Å². The van der Waals surface area contributed by atoms with Crippen molar-refractivity contribution >= 4 is 39.0 Å². The fraction of sp³-hybridized carbons (Fsp3) is 0.250. The van der Waals surface area contributed by atoms with Gasteiger partial charge in [0.25, 0.3) is 0 Å². The van der Waals surface area contributed by atoms with Crippen molar-refractivity contribution in [3.63, 3.8) is 0 Å². The third-order valence-corrected chi connectivity index (χ3v) is 5.21. The molecule has 23 heavy (non-hydrogen) atoms. The average Bonchev–Trinajstić information content (AvgIpc) is 2.83. The molecule has 8 nitrogen and oxygen atoms in total. The lowest BCUT2D eigenvalue weighted by Gasteiger charge is -2.09. The summed E-state index contributed by atoms with van der Waals surface area (Å²) in [5.41, 5.74) is 0. The molecule has 0 saturated carbocycles. The Kier molecular flexibility index (Phi) is 5.25. The third-order valence-electron chi connectivity index (χ3n) is 3.03. The Labute approximate surface area is 142 Å². The molecule has 0 radical (unpaired) electrons. The van der Waals surface area contributed by atoms with E-state index in [4.69, 9.17) is 23.2 Å². The lowest BCUT2D eigenvalue weighted by Crippen LogP contribution is -2.28. The second-order valence-corrected chi connectivity index (χ2v) is 7.12. The van der Waals surface area contributed by atoms with Crippen LogP contribution in [0.5, 0.6) is 0 Å². The molecule has 1 aromatic heterocycles. The summed E-state index contributed by atoms with van der Waals surface area (Å²) in [4.78, 5) is 14.0. The van der Waals surface area contributed by atoms with Crippen LogP contribution in [0.1, 0.15) is 5.82 Å². The van der Waals surface area contributed by atoms with Gasteiger partial charge in [-0.05, 0) is 23.1 Å². The minimum Gasteiger partial charge on any atom is -0.358 e. The molecule has 0 saturated heterocycles. The first-order chi connectivity index (χ1) is 10.7. The zero-order valence-electron chi connectivity index (χ0n) is 11.9. The van der Waals surface area contributed by atoms with E-state index in [0.717, 1.165) is 6.20 Å². The van der Waals surface area contributed by atoms with Gasteiger partial charge in [-0.1, -0.05) is 23.2 Å². The van der Waals surface area contributed by atoms with E-state index in [-0.39, 0.29) is 33.8 Å². The molecule has 0 aliphatic carbocycles. The Morgan fingerprint density at radius 3 is 2.74 bits per heavy atom. The standard InChI is InChI=1S/C12H12Cl2N4O4S/c1-8-15-7-12(18(19)20)17(8)5-4-16-23(21,22)11-6-9(13)2-3-10(11)14/h2-3,6-7,16H,4-5H2,1H3. The molecule has 1 N–H and O–H groups in total. The van der Waals surface area contributed by atoms with Crippen molar-refractivity contribution in [1.29, 1.82) is 0 Å². The van der Waals surface area contributed by atoms with E-state index >= 15 is 0 Å². The molecule has 0 aliphatic rings. The molecule has 0 atom stereocenters. The van der Waals surface area contributed by atoms with Crippen LogP contribution in [0, 0.1) is 17.0 Å². The van der Waals surface area contributed by atoms with E-state index in [1.165, 1.54) is 22.8 Å². The minimum atomic E-state index is -3.88. The summed E-state index contributed by atoms with van der Waals surface area (Å²) in [5.74, 6) is 0.208. The highest BCUT2D eigenvalue weighted by molar-refractivity contribution is 7.89. The van der Waals surface area contributed by atoms with Gasteiger partial charge in [-0.2, -0.15) is 0 Å². The quantitative estimate of drug-likeness (QED) is 0.613. The first kappa shape index (κ1) is 17.7. The molecular weight excluding hydrogens is 367 g/mol. The molecular formula is C12H12Cl2N4O4S. The lowest BCUT2D eigenvalue weighted by molar-refractivity contribution is -0.392. The van der Waals surface area contributed by atoms with Crippen LogP contribution in [-0.4, -0.2) is 29.4 Å². The number of aromatic nitrogens is 2. The van der Waals surface area contributed by atoms with Crippen molar-refractivity contribution < 1.29 is 13.3 Å². The number of aryl methyl sites for hydroxylation is 1. The number of sulfonamides is 1. The number of halogens is 2. The summed E-state index contributed by atoms with van der Waals surface area (Å²) in [6, 6.07) is 4.08. The van der Waals surface area contributed by atoms with Crippen LogP contribution in [0.2, 0.25) is 10.0 Å². The molecule has 124 valence electrons. The van der Waals surface area contributed by atoms with Crippen LogP contribution in [0.4, 0.5) is 5.82 Å². The average molecular weight is 379 g/mol. The van der Waals surface area contributed by atoms with Crippen molar-refractivity contribution in [2.45, 2.75) is 18.4 Å². The highest BCUT2D eigenvalue weighted by Gasteiger charge is 2.21. The van der Waals surface area contributed by atoms with Crippen molar-refractivity contribution in [2.75, 3.05) is 6.54 Å². The van der Waals surface area contributed by atoms with Gasteiger partial charge in [0.05, 0.1) is 5.02 Å². The van der Waals surface area contributed by atoms with Crippen LogP contribution in [0.15, 0.2) is 29.3 Å². The predicted octanol–water partition coefficient (Wildman–Crippen LogP) is 2.39. The topological polar surface area (TPSA) is 107 Å². The van der Waals surface area contributed by atoms with Crippen molar-refractivity contribution in [3.8, 4) is 0 Å². The third kappa shape index (κ3) is 3.99. The van der Waals surface area contributed by atoms with Crippen molar-refractivity contribution in [3.05, 3.63) is 50.4 Å². The van der Waals surface area contributed by atoms with E-state index in [1.54, 1.807) is 6.92 Å². The van der Waals surface area contributed by atoms with Gasteiger partial charge in [-0.3, -0.25) is 0 Å². The van der Waals surface area contributed by atoms with Crippen LogP contribution < -0.4 is 4.72 Å². The predicted molar refractivity (Wildman–Crippen MR) is 85.3 cm³/mol. The summed E-state index contributed by atoms with van der Waals surface area (Å²) in [7, 11) is -3.88. The van der Waals surface area contributed by atoms with Crippen LogP contribution in [0.25, 0.3) is 0 Å². The molecule has 11 heteroatoms. The maximum absolute atomic E-state index is 12.2.